The second-order valence-corrected chi connectivity index (χ2v) is 8.62. The molecule has 2 heterocycles. The van der Waals surface area contributed by atoms with Crippen molar-refractivity contribution in [3.8, 4) is 11.3 Å². The molecule has 0 amide bonds. The number of hydrogen-bond acceptors (Lipinski definition) is 5. The van der Waals surface area contributed by atoms with E-state index >= 15 is 0 Å². The zero-order valence-corrected chi connectivity index (χ0v) is 18.8. The molecule has 4 aromatic rings. The summed E-state index contributed by atoms with van der Waals surface area (Å²) in [4.78, 5) is 20.9. The molecule has 2 aromatic carbocycles. The molecule has 0 spiro atoms. The lowest BCUT2D eigenvalue weighted by molar-refractivity contribution is -0.384. The van der Waals surface area contributed by atoms with Crippen LogP contribution in [0.25, 0.3) is 11.3 Å². The first kappa shape index (κ1) is 21.6. The van der Waals surface area contributed by atoms with Crippen molar-refractivity contribution < 1.29 is 4.92 Å². The number of benzene rings is 2. The van der Waals surface area contributed by atoms with Crippen LogP contribution in [0.5, 0.6) is 0 Å². The zero-order chi connectivity index (χ0) is 22.5. The van der Waals surface area contributed by atoms with E-state index in [0.717, 1.165) is 33.9 Å². The van der Waals surface area contributed by atoms with Crippen molar-refractivity contribution in [2.45, 2.75) is 32.7 Å². The Kier molecular flexibility index (Phi) is 6.56. The van der Waals surface area contributed by atoms with Crippen LogP contribution in [-0.4, -0.2) is 14.5 Å². The molecule has 32 heavy (non-hydrogen) atoms. The Morgan fingerprint density at radius 2 is 1.81 bits per heavy atom. The Morgan fingerprint density at radius 3 is 2.44 bits per heavy atom. The molecule has 0 aliphatic rings. The number of nitro groups is 1. The van der Waals surface area contributed by atoms with Gasteiger partial charge in [-0.1, -0.05) is 32.0 Å². The van der Waals surface area contributed by atoms with Crippen LogP contribution < -0.4 is 4.80 Å². The largest absolute Gasteiger partial charge is 0.316 e. The Bertz CT molecular complexity index is 1260. The highest BCUT2D eigenvalue weighted by atomic mass is 32.1. The fraction of sp³-hybridized carbons (Fsp3) is 0.200. The molecule has 2 aromatic heterocycles. The summed E-state index contributed by atoms with van der Waals surface area (Å²) in [5.41, 5.74) is 5.18. The number of nitrogens with zero attached hydrogens (tertiary/aromatic N) is 4. The SMILES string of the molecule is CC(C)c1ccc(N=c2scc(-c3ccc([N+](=O)[O-])cc3)n2CCc2ccccn2)cc1. The molecule has 0 radical (unpaired) electrons. The molecule has 0 aliphatic heterocycles. The van der Waals surface area contributed by atoms with Crippen LogP contribution in [-0.2, 0) is 13.0 Å². The van der Waals surface area contributed by atoms with Gasteiger partial charge >= 0.3 is 0 Å². The maximum atomic E-state index is 11.0. The molecule has 0 aliphatic carbocycles. The highest BCUT2D eigenvalue weighted by Gasteiger charge is 2.11. The fourth-order valence-corrected chi connectivity index (χ4v) is 4.39. The van der Waals surface area contributed by atoms with E-state index in [1.54, 1.807) is 29.7 Å². The van der Waals surface area contributed by atoms with E-state index in [9.17, 15) is 10.1 Å². The van der Waals surface area contributed by atoms with Gasteiger partial charge in [-0.3, -0.25) is 15.1 Å². The lowest BCUT2D eigenvalue weighted by Gasteiger charge is -2.09. The third kappa shape index (κ3) is 5.00. The van der Waals surface area contributed by atoms with E-state index in [1.165, 1.54) is 17.7 Å². The van der Waals surface area contributed by atoms with E-state index in [1.807, 2.05) is 30.3 Å². The normalized spacial score (nSPS) is 11.8. The third-order valence-electron chi connectivity index (χ3n) is 5.27. The van der Waals surface area contributed by atoms with Crippen molar-refractivity contribution in [3.63, 3.8) is 0 Å². The maximum Gasteiger partial charge on any atom is 0.269 e. The van der Waals surface area contributed by atoms with Gasteiger partial charge in [0.15, 0.2) is 4.80 Å². The van der Waals surface area contributed by atoms with Crippen molar-refractivity contribution in [2.75, 3.05) is 0 Å². The second-order valence-electron chi connectivity index (χ2n) is 7.79. The highest BCUT2D eigenvalue weighted by molar-refractivity contribution is 7.07. The number of aromatic nitrogens is 2. The number of non-ortho nitro benzene ring substituents is 1. The van der Waals surface area contributed by atoms with Gasteiger partial charge in [-0.05, 0) is 53.4 Å². The summed E-state index contributed by atoms with van der Waals surface area (Å²) in [6, 6.07) is 20.9. The second kappa shape index (κ2) is 9.70. The van der Waals surface area contributed by atoms with Crippen molar-refractivity contribution in [1.82, 2.24) is 9.55 Å². The van der Waals surface area contributed by atoms with Crippen LogP contribution in [0.4, 0.5) is 11.4 Å². The Morgan fingerprint density at radius 1 is 1.06 bits per heavy atom. The lowest BCUT2D eigenvalue weighted by Crippen LogP contribution is -2.17. The molecule has 0 atom stereocenters. The van der Waals surface area contributed by atoms with Crippen molar-refractivity contribution in [3.05, 3.63) is 104 Å². The van der Waals surface area contributed by atoms with Crippen LogP contribution in [0.15, 0.2) is 83.3 Å². The summed E-state index contributed by atoms with van der Waals surface area (Å²) >= 11 is 1.56. The van der Waals surface area contributed by atoms with Gasteiger partial charge in [0, 0.05) is 42.4 Å². The van der Waals surface area contributed by atoms with E-state index in [-0.39, 0.29) is 10.6 Å². The number of pyridine rings is 1. The van der Waals surface area contributed by atoms with Gasteiger partial charge < -0.3 is 4.57 Å². The molecule has 0 N–H and O–H groups in total. The van der Waals surface area contributed by atoms with Gasteiger partial charge in [0.1, 0.15) is 0 Å². The molecule has 4 rings (SSSR count). The van der Waals surface area contributed by atoms with Crippen LogP contribution in [0.3, 0.4) is 0 Å². The summed E-state index contributed by atoms with van der Waals surface area (Å²) in [7, 11) is 0. The van der Waals surface area contributed by atoms with Gasteiger partial charge in [0.25, 0.3) is 5.69 Å². The molecule has 7 heteroatoms. The van der Waals surface area contributed by atoms with Crippen molar-refractivity contribution in [1.29, 1.82) is 0 Å². The Hall–Kier alpha value is -3.58. The first-order chi connectivity index (χ1) is 15.5. The zero-order valence-electron chi connectivity index (χ0n) is 18.0. The Labute approximate surface area is 190 Å². The number of nitro benzene ring substituents is 1. The van der Waals surface area contributed by atoms with Crippen LogP contribution in [0.2, 0.25) is 0 Å². The molecule has 162 valence electrons. The summed E-state index contributed by atoms with van der Waals surface area (Å²) in [6.07, 6.45) is 2.56. The number of hydrogen-bond donors (Lipinski definition) is 0. The first-order valence-corrected chi connectivity index (χ1v) is 11.4. The molecule has 6 nitrogen and oxygen atoms in total. The fourth-order valence-electron chi connectivity index (χ4n) is 3.44. The molecule has 0 saturated carbocycles. The van der Waals surface area contributed by atoms with Crippen LogP contribution >= 0.6 is 11.3 Å². The standard InChI is InChI=1S/C25H24N4O2S/c1-18(2)19-6-10-22(11-7-19)27-25-28(16-14-21-5-3-4-15-26-21)24(17-32-25)20-8-12-23(13-9-20)29(30)31/h3-13,15,17-18H,14,16H2,1-2H3. The average molecular weight is 445 g/mol. The minimum atomic E-state index is -0.381. The summed E-state index contributed by atoms with van der Waals surface area (Å²) in [5, 5.41) is 13.1. The molecule has 0 bridgehead atoms. The monoisotopic (exact) mass is 444 g/mol. The third-order valence-corrected chi connectivity index (χ3v) is 6.14. The maximum absolute atomic E-state index is 11.0. The van der Waals surface area contributed by atoms with Crippen molar-refractivity contribution >= 4 is 22.7 Å². The van der Waals surface area contributed by atoms with E-state index < -0.39 is 0 Å². The molecule has 0 unspecified atom stereocenters. The molecule has 0 saturated heterocycles. The van der Waals surface area contributed by atoms with Gasteiger partial charge in [-0.25, -0.2) is 4.99 Å². The van der Waals surface area contributed by atoms with E-state index in [2.05, 4.69) is 40.9 Å². The predicted molar refractivity (Wildman–Crippen MR) is 128 cm³/mol. The summed E-state index contributed by atoms with van der Waals surface area (Å²) < 4.78 is 2.16. The molecule has 0 fully saturated rings. The number of rotatable bonds is 7. The lowest BCUT2D eigenvalue weighted by atomic mass is 10.0. The topological polar surface area (TPSA) is 73.3 Å². The van der Waals surface area contributed by atoms with Crippen molar-refractivity contribution in [2.24, 2.45) is 4.99 Å². The number of thiazole rings is 1. The quantitative estimate of drug-likeness (QED) is 0.255. The summed E-state index contributed by atoms with van der Waals surface area (Å²) in [6.45, 7) is 5.05. The van der Waals surface area contributed by atoms with Crippen LogP contribution in [0, 0.1) is 10.1 Å². The first-order valence-electron chi connectivity index (χ1n) is 10.5. The molecular formula is C25H24N4O2S. The van der Waals surface area contributed by atoms with Gasteiger partial charge in [0.2, 0.25) is 0 Å². The minimum absolute atomic E-state index is 0.0826. The smallest absolute Gasteiger partial charge is 0.269 e. The molecular weight excluding hydrogens is 420 g/mol. The predicted octanol–water partition coefficient (Wildman–Crippen LogP) is 6.12. The van der Waals surface area contributed by atoms with E-state index in [0.29, 0.717) is 12.5 Å². The van der Waals surface area contributed by atoms with E-state index in [4.69, 9.17) is 4.99 Å². The minimum Gasteiger partial charge on any atom is -0.316 e. The summed E-state index contributed by atoms with van der Waals surface area (Å²) in [5.74, 6) is 0.475. The van der Waals surface area contributed by atoms with Crippen LogP contribution in [0.1, 0.15) is 31.0 Å². The Balaban J connectivity index is 1.73. The average Bonchev–Trinajstić information content (AvgIpc) is 3.21. The highest BCUT2D eigenvalue weighted by Crippen LogP contribution is 2.24. The van der Waals surface area contributed by atoms with Gasteiger partial charge in [0.05, 0.1) is 16.3 Å². The number of aryl methyl sites for hydroxylation is 1. The van der Waals surface area contributed by atoms with Gasteiger partial charge in [-0.2, -0.15) is 0 Å². The van der Waals surface area contributed by atoms with Gasteiger partial charge in [-0.15, -0.1) is 11.3 Å².